The van der Waals surface area contributed by atoms with E-state index < -0.39 is 11.5 Å². The smallest absolute Gasteiger partial charge is 0.255 e. The van der Waals surface area contributed by atoms with E-state index in [2.05, 4.69) is 10.3 Å². The van der Waals surface area contributed by atoms with Gasteiger partial charge in [-0.2, -0.15) is 0 Å². The molecule has 0 unspecified atom stereocenters. The highest BCUT2D eigenvalue weighted by Gasteiger charge is 2.10. The molecule has 0 aliphatic heterocycles. The first kappa shape index (κ1) is 16.0. The van der Waals surface area contributed by atoms with E-state index >= 15 is 0 Å². The van der Waals surface area contributed by atoms with E-state index in [-0.39, 0.29) is 19.1 Å². The number of carbonyl (C=O) groups excluding carboxylic acids is 1. The molecule has 0 radical (unpaired) electrons. The summed E-state index contributed by atoms with van der Waals surface area (Å²) in [4.78, 5) is 28.0. The third kappa shape index (κ3) is 4.06. The van der Waals surface area contributed by atoms with E-state index in [0.717, 1.165) is 4.57 Å². The molecular formula is C14H15ClN4O3. The van der Waals surface area contributed by atoms with Gasteiger partial charge in [-0.15, -0.1) is 0 Å². The second kappa shape index (κ2) is 7.06. The van der Waals surface area contributed by atoms with Crippen molar-refractivity contribution in [1.29, 1.82) is 0 Å². The number of nitrogens with two attached hydrogens (primary N) is 1. The fourth-order valence-corrected chi connectivity index (χ4v) is 2.05. The van der Waals surface area contributed by atoms with Crippen LogP contribution in [-0.4, -0.2) is 22.6 Å². The van der Waals surface area contributed by atoms with Crippen LogP contribution in [0.4, 0.5) is 11.6 Å². The molecule has 0 atom stereocenters. The average Bonchev–Trinajstić information content (AvgIpc) is 2.43. The van der Waals surface area contributed by atoms with Gasteiger partial charge in [0.25, 0.3) is 5.56 Å². The minimum absolute atomic E-state index is 0.0409. The third-order valence-corrected chi connectivity index (χ3v) is 3.03. The lowest BCUT2D eigenvalue weighted by Gasteiger charge is -2.10. The molecule has 0 aliphatic rings. The molecule has 1 amide bonds. The Balaban J connectivity index is 2.13. The van der Waals surface area contributed by atoms with Crippen molar-refractivity contribution in [1.82, 2.24) is 9.55 Å². The number of methoxy groups -OCH3 is 1. The summed E-state index contributed by atoms with van der Waals surface area (Å²) in [7, 11) is 1.49. The number of carbonyl (C=O) groups is 1. The average molecular weight is 323 g/mol. The molecule has 3 N–H and O–H groups in total. The van der Waals surface area contributed by atoms with E-state index in [1.807, 2.05) is 0 Å². The minimum atomic E-state index is -0.416. The third-order valence-electron chi connectivity index (χ3n) is 2.79. The summed E-state index contributed by atoms with van der Waals surface area (Å²) in [6, 6.07) is 7.98. The Kier molecular flexibility index (Phi) is 5.13. The Hall–Kier alpha value is -2.38. The SMILES string of the molecule is COCc1cc(=O)n(CC(=O)Nc2cccc(Cl)c2)c(N)n1. The highest BCUT2D eigenvalue weighted by molar-refractivity contribution is 6.30. The molecule has 22 heavy (non-hydrogen) atoms. The first-order chi connectivity index (χ1) is 10.5. The van der Waals surface area contributed by atoms with Crippen molar-refractivity contribution in [2.45, 2.75) is 13.2 Å². The topological polar surface area (TPSA) is 99.2 Å². The van der Waals surface area contributed by atoms with Gasteiger partial charge in [0.1, 0.15) is 6.54 Å². The number of anilines is 2. The van der Waals surface area contributed by atoms with Crippen molar-refractivity contribution in [3.05, 3.63) is 51.4 Å². The summed E-state index contributed by atoms with van der Waals surface area (Å²) in [5, 5.41) is 3.13. The normalized spacial score (nSPS) is 10.5. The number of halogens is 1. The number of hydrogen-bond donors (Lipinski definition) is 2. The molecule has 0 bridgehead atoms. The van der Waals surface area contributed by atoms with Gasteiger partial charge in [0.05, 0.1) is 12.3 Å². The van der Waals surface area contributed by atoms with Crippen LogP contribution < -0.4 is 16.6 Å². The first-order valence-corrected chi connectivity index (χ1v) is 6.78. The molecule has 8 heteroatoms. The van der Waals surface area contributed by atoms with Gasteiger partial charge in [-0.05, 0) is 18.2 Å². The summed E-state index contributed by atoms with van der Waals surface area (Å²) in [6.45, 7) is -0.0631. The maximum atomic E-state index is 12.0. The van der Waals surface area contributed by atoms with Crippen molar-refractivity contribution < 1.29 is 9.53 Å². The molecule has 116 valence electrons. The molecule has 1 heterocycles. The number of benzene rings is 1. The Labute approximate surface area is 131 Å². The van der Waals surface area contributed by atoms with Crippen molar-refractivity contribution in [3.8, 4) is 0 Å². The molecule has 2 rings (SSSR count). The number of nitrogen functional groups attached to an aromatic ring is 1. The zero-order valence-electron chi connectivity index (χ0n) is 11.9. The van der Waals surface area contributed by atoms with Gasteiger partial charge in [-0.25, -0.2) is 4.98 Å². The summed E-state index contributed by atoms with van der Waals surface area (Å²) in [6.07, 6.45) is 0. The number of ether oxygens (including phenoxy) is 1. The second-order valence-corrected chi connectivity index (χ2v) is 4.96. The van der Waals surface area contributed by atoms with E-state index in [1.54, 1.807) is 24.3 Å². The Morgan fingerprint density at radius 1 is 1.45 bits per heavy atom. The quantitative estimate of drug-likeness (QED) is 0.863. The zero-order valence-corrected chi connectivity index (χ0v) is 12.6. The Morgan fingerprint density at radius 3 is 2.86 bits per heavy atom. The van der Waals surface area contributed by atoms with Crippen molar-refractivity contribution in [2.24, 2.45) is 0 Å². The molecule has 1 aromatic carbocycles. The first-order valence-electron chi connectivity index (χ1n) is 6.40. The summed E-state index contributed by atoms with van der Waals surface area (Å²) in [5.41, 5.74) is 6.25. The van der Waals surface area contributed by atoms with Crippen LogP contribution in [0, 0.1) is 0 Å². The number of nitrogens with one attached hydrogen (secondary N) is 1. The standard InChI is InChI=1S/C14H15ClN4O3/c1-22-8-11-6-13(21)19(14(16)18-11)7-12(20)17-10-4-2-3-9(15)5-10/h2-6H,7-8H2,1H3,(H2,16,18)(H,17,20). The lowest BCUT2D eigenvalue weighted by molar-refractivity contribution is -0.116. The van der Waals surface area contributed by atoms with E-state index in [1.165, 1.54) is 13.2 Å². The fraction of sp³-hybridized carbons (Fsp3) is 0.214. The number of amides is 1. The zero-order chi connectivity index (χ0) is 16.1. The lowest BCUT2D eigenvalue weighted by Crippen LogP contribution is -2.30. The Morgan fingerprint density at radius 2 is 2.23 bits per heavy atom. The van der Waals surface area contributed by atoms with Crippen LogP contribution in [0.15, 0.2) is 35.1 Å². The van der Waals surface area contributed by atoms with Crippen LogP contribution in [0.25, 0.3) is 0 Å². The molecule has 0 spiro atoms. The molecule has 2 aromatic rings. The molecule has 0 fully saturated rings. The van der Waals surface area contributed by atoms with E-state index in [0.29, 0.717) is 16.4 Å². The van der Waals surface area contributed by atoms with Crippen LogP contribution in [0.1, 0.15) is 5.69 Å². The molecule has 0 saturated carbocycles. The van der Waals surface area contributed by atoms with Crippen molar-refractivity contribution in [3.63, 3.8) is 0 Å². The van der Waals surface area contributed by atoms with Crippen LogP contribution in [0.2, 0.25) is 5.02 Å². The summed E-state index contributed by atoms with van der Waals surface area (Å²) < 4.78 is 5.97. The number of aromatic nitrogens is 2. The van der Waals surface area contributed by atoms with Gasteiger partial charge in [-0.1, -0.05) is 17.7 Å². The van der Waals surface area contributed by atoms with Gasteiger partial charge >= 0.3 is 0 Å². The maximum absolute atomic E-state index is 12.0. The van der Waals surface area contributed by atoms with Crippen molar-refractivity contribution in [2.75, 3.05) is 18.2 Å². The lowest BCUT2D eigenvalue weighted by atomic mass is 10.3. The van der Waals surface area contributed by atoms with E-state index in [9.17, 15) is 9.59 Å². The van der Waals surface area contributed by atoms with E-state index in [4.69, 9.17) is 22.1 Å². The van der Waals surface area contributed by atoms with Gasteiger partial charge in [0, 0.05) is 23.9 Å². The monoisotopic (exact) mass is 322 g/mol. The minimum Gasteiger partial charge on any atom is -0.378 e. The van der Waals surface area contributed by atoms with Crippen molar-refractivity contribution >= 4 is 29.1 Å². The molecule has 7 nitrogen and oxygen atoms in total. The van der Waals surface area contributed by atoms with Crippen LogP contribution in [-0.2, 0) is 22.7 Å². The van der Waals surface area contributed by atoms with Gasteiger partial charge in [-0.3, -0.25) is 14.2 Å². The van der Waals surface area contributed by atoms with Gasteiger partial charge in [0.15, 0.2) is 0 Å². The number of hydrogen-bond acceptors (Lipinski definition) is 5. The molecule has 1 aromatic heterocycles. The fourth-order valence-electron chi connectivity index (χ4n) is 1.86. The highest BCUT2D eigenvalue weighted by Crippen LogP contribution is 2.14. The summed E-state index contributed by atoms with van der Waals surface area (Å²) >= 11 is 5.84. The largest absolute Gasteiger partial charge is 0.378 e. The predicted octanol–water partition coefficient (Wildman–Crippen LogP) is 1.26. The van der Waals surface area contributed by atoms with Crippen LogP contribution in [0.3, 0.4) is 0 Å². The van der Waals surface area contributed by atoms with Gasteiger partial charge < -0.3 is 15.8 Å². The molecule has 0 aliphatic carbocycles. The molecular weight excluding hydrogens is 308 g/mol. The highest BCUT2D eigenvalue weighted by atomic mass is 35.5. The number of nitrogens with zero attached hydrogens (tertiary/aromatic N) is 2. The van der Waals surface area contributed by atoms with Crippen LogP contribution in [0.5, 0.6) is 0 Å². The maximum Gasteiger partial charge on any atom is 0.255 e. The number of rotatable bonds is 5. The predicted molar refractivity (Wildman–Crippen MR) is 83.7 cm³/mol. The molecule has 0 saturated heterocycles. The Bertz CT molecular complexity index is 745. The summed E-state index contributed by atoms with van der Waals surface area (Å²) in [5.74, 6) is -0.446. The van der Waals surface area contributed by atoms with Crippen LogP contribution >= 0.6 is 11.6 Å². The van der Waals surface area contributed by atoms with Gasteiger partial charge in [0.2, 0.25) is 11.9 Å². The second-order valence-electron chi connectivity index (χ2n) is 4.52.